The summed E-state index contributed by atoms with van der Waals surface area (Å²) in [6, 6.07) is 3.96. The molecule has 0 saturated carbocycles. The minimum Gasteiger partial charge on any atom is -0.354 e. The second-order valence-corrected chi connectivity index (χ2v) is 6.32. The van der Waals surface area contributed by atoms with E-state index in [2.05, 4.69) is 15.7 Å². The van der Waals surface area contributed by atoms with Crippen LogP contribution in [0.3, 0.4) is 0 Å². The summed E-state index contributed by atoms with van der Waals surface area (Å²) in [5, 5.41) is 10.4. The third-order valence-electron chi connectivity index (χ3n) is 3.91. The number of nitrogens with zero attached hydrogens (tertiary/aromatic N) is 5. The van der Waals surface area contributed by atoms with Crippen molar-refractivity contribution in [2.75, 3.05) is 13.1 Å². The number of piperidine rings is 1. The van der Waals surface area contributed by atoms with Gasteiger partial charge in [-0.15, -0.1) is 4.68 Å². The Kier molecular flexibility index (Phi) is 5.05. The average molecular weight is 385 g/mol. The molecule has 9 nitrogen and oxygen atoms in total. The Morgan fingerprint density at radius 3 is 2.68 bits per heavy atom. The normalized spacial score (nSPS) is 17.4. The Labute approximate surface area is 152 Å². The van der Waals surface area contributed by atoms with Gasteiger partial charge in [0.25, 0.3) is 0 Å². The maximum absolute atomic E-state index is 12.6. The van der Waals surface area contributed by atoms with Crippen molar-refractivity contribution < 1.29 is 9.59 Å². The van der Waals surface area contributed by atoms with Crippen LogP contribution in [0.15, 0.2) is 23.0 Å². The highest BCUT2D eigenvalue weighted by atomic mass is 35.5. The summed E-state index contributed by atoms with van der Waals surface area (Å²) >= 11 is 12.1. The number of hydrogen-bond acceptors (Lipinski definition) is 5. The molecule has 11 heteroatoms. The number of amides is 2. The Bertz CT molecular complexity index is 844. The summed E-state index contributed by atoms with van der Waals surface area (Å²) in [7, 11) is 0. The van der Waals surface area contributed by atoms with Crippen molar-refractivity contribution in [2.45, 2.75) is 18.9 Å². The second-order valence-electron chi connectivity index (χ2n) is 5.51. The molecule has 2 amide bonds. The molecular weight excluding hydrogens is 371 g/mol. The fraction of sp³-hybridized carbons (Fsp3) is 0.357. The maximum Gasteiger partial charge on any atom is 0.377 e. The number of rotatable bonds is 3. The van der Waals surface area contributed by atoms with Crippen LogP contribution in [0.2, 0.25) is 10.0 Å². The first-order valence-electron chi connectivity index (χ1n) is 7.51. The number of aromatic nitrogens is 4. The van der Waals surface area contributed by atoms with Crippen LogP contribution in [0.1, 0.15) is 12.8 Å². The van der Waals surface area contributed by atoms with Gasteiger partial charge in [0.05, 0.1) is 10.0 Å². The first-order chi connectivity index (χ1) is 12.0. The number of halogens is 2. The summed E-state index contributed by atoms with van der Waals surface area (Å²) in [6.45, 7) is 0.756. The zero-order valence-corrected chi connectivity index (χ0v) is 14.4. The lowest BCUT2D eigenvalue weighted by Crippen LogP contribution is -2.50. The molecule has 0 bridgehead atoms. The standard InChI is InChI=1S/C14H14Cl2N6O3/c15-10-4-1-5-11(16)12(10)21-14(25)22(19-18-21)13(24)20-6-2-3-9(7-20)17-8-23/h1,4-5,8-9H,2-3,6-7H2,(H,17,23). The van der Waals surface area contributed by atoms with Crippen molar-refractivity contribution in [1.82, 2.24) is 30.0 Å². The Balaban J connectivity index is 1.90. The summed E-state index contributed by atoms with van der Waals surface area (Å²) in [5.74, 6) is 0. The fourth-order valence-corrected chi connectivity index (χ4v) is 3.27. The van der Waals surface area contributed by atoms with E-state index in [1.54, 1.807) is 18.2 Å². The van der Waals surface area contributed by atoms with Crippen molar-refractivity contribution >= 4 is 35.6 Å². The van der Waals surface area contributed by atoms with Crippen LogP contribution in [0.5, 0.6) is 0 Å². The highest BCUT2D eigenvalue weighted by molar-refractivity contribution is 6.37. The van der Waals surface area contributed by atoms with E-state index in [1.807, 2.05) is 0 Å². The van der Waals surface area contributed by atoms with Gasteiger partial charge in [-0.2, -0.15) is 4.68 Å². The van der Waals surface area contributed by atoms with Gasteiger partial charge in [-0.05, 0) is 35.4 Å². The first kappa shape index (κ1) is 17.4. The fourth-order valence-electron chi connectivity index (χ4n) is 2.72. The summed E-state index contributed by atoms with van der Waals surface area (Å²) in [5.41, 5.74) is -0.612. The maximum atomic E-state index is 12.6. The van der Waals surface area contributed by atoms with Crippen molar-refractivity contribution in [3.05, 3.63) is 38.7 Å². The lowest BCUT2D eigenvalue weighted by molar-refractivity contribution is -0.110. The van der Waals surface area contributed by atoms with Gasteiger partial charge in [0.1, 0.15) is 5.69 Å². The number of likely N-dealkylation sites (tertiary alicyclic amines) is 1. The molecular formula is C14H14Cl2N6O3. The van der Waals surface area contributed by atoms with Crippen LogP contribution < -0.4 is 11.0 Å². The van der Waals surface area contributed by atoms with Crippen molar-refractivity contribution in [2.24, 2.45) is 0 Å². The highest BCUT2D eigenvalue weighted by Crippen LogP contribution is 2.26. The molecule has 1 aliphatic heterocycles. The minimum absolute atomic E-state index is 0.154. The molecule has 0 aliphatic carbocycles. The van der Waals surface area contributed by atoms with Crippen molar-refractivity contribution in [3.63, 3.8) is 0 Å². The Hall–Kier alpha value is -2.39. The zero-order valence-electron chi connectivity index (χ0n) is 12.9. The lowest BCUT2D eigenvalue weighted by Gasteiger charge is -2.31. The number of para-hydroxylation sites is 1. The monoisotopic (exact) mass is 384 g/mol. The number of hydrogen-bond donors (Lipinski definition) is 1. The first-order valence-corrected chi connectivity index (χ1v) is 8.27. The molecule has 25 heavy (non-hydrogen) atoms. The van der Waals surface area contributed by atoms with E-state index in [4.69, 9.17) is 23.2 Å². The third-order valence-corrected chi connectivity index (χ3v) is 4.52. The second kappa shape index (κ2) is 7.24. The molecule has 1 fully saturated rings. The van der Waals surface area contributed by atoms with E-state index in [0.29, 0.717) is 30.6 Å². The topological polar surface area (TPSA) is 102 Å². The average Bonchev–Trinajstić information content (AvgIpc) is 2.96. The molecule has 1 atom stereocenters. The predicted octanol–water partition coefficient (Wildman–Crippen LogP) is 0.914. The molecule has 1 saturated heterocycles. The van der Waals surface area contributed by atoms with E-state index < -0.39 is 11.7 Å². The zero-order chi connectivity index (χ0) is 18.0. The van der Waals surface area contributed by atoms with E-state index in [0.717, 1.165) is 11.1 Å². The van der Waals surface area contributed by atoms with E-state index >= 15 is 0 Å². The molecule has 1 aromatic carbocycles. The van der Waals surface area contributed by atoms with Gasteiger partial charge in [0.2, 0.25) is 6.41 Å². The molecule has 2 heterocycles. The molecule has 0 radical (unpaired) electrons. The largest absolute Gasteiger partial charge is 0.377 e. The highest BCUT2D eigenvalue weighted by Gasteiger charge is 2.27. The van der Waals surface area contributed by atoms with Gasteiger partial charge >= 0.3 is 11.7 Å². The summed E-state index contributed by atoms with van der Waals surface area (Å²) < 4.78 is 1.54. The summed E-state index contributed by atoms with van der Waals surface area (Å²) in [6.07, 6.45) is 2.07. The van der Waals surface area contributed by atoms with Gasteiger partial charge in [0, 0.05) is 19.1 Å². The van der Waals surface area contributed by atoms with Crippen LogP contribution in [-0.2, 0) is 4.79 Å². The number of nitrogens with one attached hydrogen (secondary N) is 1. The molecule has 0 spiro atoms. The van der Waals surface area contributed by atoms with Gasteiger partial charge in [-0.25, -0.2) is 9.59 Å². The Morgan fingerprint density at radius 1 is 1.28 bits per heavy atom. The number of carbonyl (C=O) groups is 2. The van der Waals surface area contributed by atoms with Crippen LogP contribution in [0.25, 0.3) is 5.69 Å². The van der Waals surface area contributed by atoms with E-state index in [1.165, 1.54) is 4.90 Å². The van der Waals surface area contributed by atoms with Crippen LogP contribution in [0.4, 0.5) is 4.79 Å². The SMILES string of the molecule is O=CNC1CCCN(C(=O)n2nnn(-c3c(Cl)cccc3Cl)c2=O)C1. The van der Waals surface area contributed by atoms with Crippen LogP contribution in [-0.4, -0.2) is 56.3 Å². The van der Waals surface area contributed by atoms with Crippen LogP contribution >= 0.6 is 23.2 Å². The third kappa shape index (κ3) is 3.38. The predicted molar refractivity (Wildman–Crippen MR) is 90.2 cm³/mol. The molecule has 1 aromatic heterocycles. The molecule has 3 rings (SSSR count). The number of carbonyl (C=O) groups excluding carboxylic acids is 2. The smallest absolute Gasteiger partial charge is 0.354 e. The molecule has 1 aliphatic rings. The van der Waals surface area contributed by atoms with Gasteiger partial charge in [-0.3, -0.25) is 4.79 Å². The van der Waals surface area contributed by atoms with Gasteiger partial charge < -0.3 is 10.2 Å². The summed E-state index contributed by atoms with van der Waals surface area (Å²) in [4.78, 5) is 37.1. The van der Waals surface area contributed by atoms with Gasteiger partial charge in [-0.1, -0.05) is 29.3 Å². The van der Waals surface area contributed by atoms with E-state index in [9.17, 15) is 14.4 Å². The molecule has 132 valence electrons. The lowest BCUT2D eigenvalue weighted by atomic mass is 10.1. The van der Waals surface area contributed by atoms with Gasteiger partial charge in [0.15, 0.2) is 0 Å². The molecule has 2 aromatic rings. The van der Waals surface area contributed by atoms with Crippen molar-refractivity contribution in [3.8, 4) is 5.69 Å². The molecule has 1 N–H and O–H groups in total. The number of benzene rings is 1. The minimum atomic E-state index is -0.773. The Morgan fingerprint density at radius 2 is 2.00 bits per heavy atom. The van der Waals surface area contributed by atoms with Crippen LogP contribution in [0, 0.1) is 0 Å². The molecule has 1 unspecified atom stereocenters. The number of tetrazole rings is 1. The quantitative estimate of drug-likeness (QED) is 0.625. The van der Waals surface area contributed by atoms with E-state index in [-0.39, 0.29) is 21.8 Å². The van der Waals surface area contributed by atoms with Crippen molar-refractivity contribution in [1.29, 1.82) is 0 Å².